The monoisotopic (exact) mass is 446 g/mol. The zero-order chi connectivity index (χ0) is 22.5. The van der Waals surface area contributed by atoms with Gasteiger partial charge in [0.25, 0.3) is 11.8 Å². The van der Waals surface area contributed by atoms with Gasteiger partial charge in [-0.05, 0) is 55.7 Å². The Labute approximate surface area is 190 Å². The molecule has 0 aromatic heterocycles. The summed E-state index contributed by atoms with van der Waals surface area (Å²) in [5.41, 5.74) is 2.66. The van der Waals surface area contributed by atoms with Crippen LogP contribution in [0.3, 0.4) is 0 Å². The molecule has 1 heterocycles. The largest absolute Gasteiger partial charge is 0.350 e. The summed E-state index contributed by atoms with van der Waals surface area (Å²) in [7, 11) is 0. The summed E-state index contributed by atoms with van der Waals surface area (Å²) < 4.78 is 13.9. The van der Waals surface area contributed by atoms with Crippen molar-refractivity contribution in [2.24, 2.45) is 0 Å². The molecule has 6 heteroatoms. The Bertz CT molecular complexity index is 1180. The molecule has 1 aliphatic rings. The van der Waals surface area contributed by atoms with Gasteiger partial charge < -0.3 is 10.6 Å². The Hall–Kier alpha value is -3.38. The molecule has 162 valence electrons. The molecule has 1 aliphatic heterocycles. The SMILES string of the molecule is C[C@H](CCc1ccccc1)NC(=O)c1ccc2c(c1)NC(=O)/C(=C\c1ccccc1F)S2. The number of thioether (sulfide) groups is 1. The van der Waals surface area contributed by atoms with E-state index in [2.05, 4.69) is 22.8 Å². The van der Waals surface area contributed by atoms with Crippen molar-refractivity contribution in [1.29, 1.82) is 0 Å². The molecule has 0 saturated carbocycles. The van der Waals surface area contributed by atoms with Crippen LogP contribution in [0.1, 0.15) is 34.8 Å². The first-order valence-corrected chi connectivity index (χ1v) is 11.3. The van der Waals surface area contributed by atoms with E-state index in [9.17, 15) is 14.0 Å². The number of hydrogen-bond acceptors (Lipinski definition) is 3. The van der Waals surface area contributed by atoms with Crippen molar-refractivity contribution >= 4 is 35.3 Å². The molecule has 0 unspecified atom stereocenters. The molecule has 2 N–H and O–H groups in total. The van der Waals surface area contributed by atoms with Gasteiger partial charge in [-0.25, -0.2) is 4.39 Å². The molecule has 0 saturated heterocycles. The number of nitrogens with one attached hydrogen (secondary N) is 2. The van der Waals surface area contributed by atoms with Gasteiger partial charge in [0.1, 0.15) is 5.82 Å². The van der Waals surface area contributed by atoms with Crippen LogP contribution in [0, 0.1) is 5.82 Å². The van der Waals surface area contributed by atoms with Crippen LogP contribution in [0.15, 0.2) is 82.6 Å². The fourth-order valence-electron chi connectivity index (χ4n) is 3.44. The van der Waals surface area contributed by atoms with Gasteiger partial charge in [-0.15, -0.1) is 0 Å². The van der Waals surface area contributed by atoms with E-state index in [1.165, 1.54) is 29.5 Å². The summed E-state index contributed by atoms with van der Waals surface area (Å²) in [6, 6.07) is 21.7. The molecule has 4 rings (SSSR count). The molecule has 0 spiro atoms. The minimum absolute atomic E-state index is 0.0120. The van der Waals surface area contributed by atoms with Gasteiger partial charge in [-0.3, -0.25) is 9.59 Å². The first-order chi connectivity index (χ1) is 15.5. The highest BCUT2D eigenvalue weighted by atomic mass is 32.2. The summed E-state index contributed by atoms with van der Waals surface area (Å²) in [4.78, 5) is 26.4. The number of aryl methyl sites for hydroxylation is 1. The van der Waals surface area contributed by atoms with Gasteiger partial charge in [0.05, 0.1) is 10.6 Å². The summed E-state index contributed by atoms with van der Waals surface area (Å²) in [5.74, 6) is -0.882. The molecule has 3 aromatic rings. The van der Waals surface area contributed by atoms with Crippen molar-refractivity contribution in [3.8, 4) is 0 Å². The van der Waals surface area contributed by atoms with Crippen molar-refractivity contribution < 1.29 is 14.0 Å². The van der Waals surface area contributed by atoms with Crippen molar-refractivity contribution in [2.75, 3.05) is 5.32 Å². The number of hydrogen-bond donors (Lipinski definition) is 2. The Morgan fingerprint density at radius 2 is 1.84 bits per heavy atom. The van der Waals surface area contributed by atoms with Crippen LogP contribution in [-0.2, 0) is 11.2 Å². The molecule has 0 radical (unpaired) electrons. The molecular weight excluding hydrogens is 423 g/mol. The highest BCUT2D eigenvalue weighted by Crippen LogP contribution is 2.39. The van der Waals surface area contributed by atoms with E-state index in [1.54, 1.807) is 36.4 Å². The maximum atomic E-state index is 13.9. The second-order valence-corrected chi connectivity index (χ2v) is 8.78. The van der Waals surface area contributed by atoms with Crippen LogP contribution in [0.4, 0.5) is 10.1 Å². The maximum Gasteiger partial charge on any atom is 0.262 e. The average molecular weight is 447 g/mol. The molecule has 0 aliphatic carbocycles. The van der Waals surface area contributed by atoms with E-state index in [1.807, 2.05) is 25.1 Å². The third kappa shape index (κ3) is 5.26. The third-order valence-electron chi connectivity index (χ3n) is 5.21. The Balaban J connectivity index is 1.42. The van der Waals surface area contributed by atoms with Crippen molar-refractivity contribution in [3.05, 3.63) is 100 Å². The normalized spacial score (nSPS) is 15.1. The second kappa shape index (κ2) is 9.83. The summed E-state index contributed by atoms with van der Waals surface area (Å²) in [5, 5.41) is 5.84. The van der Waals surface area contributed by atoms with Crippen molar-refractivity contribution in [3.63, 3.8) is 0 Å². The first kappa shape index (κ1) is 21.8. The standard InChI is InChI=1S/C26H23FN2O2S/c1-17(11-12-18-7-3-2-4-8-18)28-25(30)20-13-14-23-22(15-20)29-26(31)24(32-23)16-19-9-5-6-10-21(19)27/h2-10,13-17H,11-12H2,1H3,(H,28,30)(H,29,31)/b24-16+/t17-/m1/s1. The van der Waals surface area contributed by atoms with E-state index < -0.39 is 0 Å². The van der Waals surface area contributed by atoms with E-state index in [0.717, 1.165) is 17.7 Å². The molecule has 2 amide bonds. The van der Waals surface area contributed by atoms with E-state index >= 15 is 0 Å². The molecule has 32 heavy (non-hydrogen) atoms. The molecular formula is C26H23FN2O2S. The zero-order valence-electron chi connectivity index (χ0n) is 17.6. The van der Waals surface area contributed by atoms with Gasteiger partial charge in [0.2, 0.25) is 0 Å². The van der Waals surface area contributed by atoms with Gasteiger partial charge in [-0.1, -0.05) is 60.3 Å². The van der Waals surface area contributed by atoms with Crippen molar-refractivity contribution in [2.45, 2.75) is 30.7 Å². The van der Waals surface area contributed by atoms with Gasteiger partial charge in [0.15, 0.2) is 0 Å². The number of benzene rings is 3. The lowest BCUT2D eigenvalue weighted by Crippen LogP contribution is -2.33. The number of amides is 2. The number of halogens is 1. The summed E-state index contributed by atoms with van der Waals surface area (Å²) in [6.07, 6.45) is 3.25. The van der Waals surface area contributed by atoms with Crippen LogP contribution in [0.5, 0.6) is 0 Å². The van der Waals surface area contributed by atoms with E-state index in [0.29, 0.717) is 21.7 Å². The van der Waals surface area contributed by atoms with Crippen molar-refractivity contribution in [1.82, 2.24) is 5.32 Å². The Morgan fingerprint density at radius 3 is 2.62 bits per heavy atom. The predicted molar refractivity (Wildman–Crippen MR) is 127 cm³/mol. The quantitative estimate of drug-likeness (QED) is 0.480. The van der Waals surface area contributed by atoms with E-state index in [4.69, 9.17) is 0 Å². The topological polar surface area (TPSA) is 58.2 Å². The van der Waals surface area contributed by atoms with Gasteiger partial charge in [0, 0.05) is 22.1 Å². The van der Waals surface area contributed by atoms with Gasteiger partial charge in [-0.2, -0.15) is 0 Å². The Morgan fingerprint density at radius 1 is 1.09 bits per heavy atom. The first-order valence-electron chi connectivity index (χ1n) is 10.4. The lowest BCUT2D eigenvalue weighted by atomic mass is 10.1. The van der Waals surface area contributed by atoms with Crippen LogP contribution in [0.2, 0.25) is 0 Å². The zero-order valence-corrected chi connectivity index (χ0v) is 18.4. The van der Waals surface area contributed by atoms with Crippen LogP contribution >= 0.6 is 11.8 Å². The lowest BCUT2D eigenvalue weighted by Gasteiger charge is -2.20. The summed E-state index contributed by atoms with van der Waals surface area (Å²) in [6.45, 7) is 1.98. The molecule has 0 bridgehead atoms. The number of fused-ring (bicyclic) bond motifs is 1. The number of rotatable bonds is 6. The predicted octanol–water partition coefficient (Wildman–Crippen LogP) is 5.66. The van der Waals surface area contributed by atoms with E-state index in [-0.39, 0.29) is 23.7 Å². The fraction of sp³-hybridized carbons (Fsp3) is 0.154. The third-order valence-corrected chi connectivity index (χ3v) is 6.31. The number of carbonyl (C=O) groups is 2. The number of carbonyl (C=O) groups excluding carboxylic acids is 2. The average Bonchev–Trinajstić information content (AvgIpc) is 2.80. The highest BCUT2D eigenvalue weighted by molar-refractivity contribution is 8.04. The fourth-order valence-corrected chi connectivity index (χ4v) is 4.36. The van der Waals surface area contributed by atoms with Gasteiger partial charge >= 0.3 is 0 Å². The molecule has 1 atom stereocenters. The van der Waals surface area contributed by atoms with Crippen LogP contribution < -0.4 is 10.6 Å². The molecule has 3 aromatic carbocycles. The molecule has 4 nitrogen and oxygen atoms in total. The number of anilines is 1. The smallest absolute Gasteiger partial charge is 0.262 e. The Kier molecular flexibility index (Phi) is 6.71. The second-order valence-electron chi connectivity index (χ2n) is 7.70. The lowest BCUT2D eigenvalue weighted by molar-refractivity contribution is -0.112. The summed E-state index contributed by atoms with van der Waals surface area (Å²) >= 11 is 1.26. The maximum absolute atomic E-state index is 13.9. The molecule has 0 fully saturated rings. The van der Waals surface area contributed by atoms with Crippen LogP contribution in [-0.4, -0.2) is 17.9 Å². The minimum Gasteiger partial charge on any atom is -0.350 e. The minimum atomic E-state index is -0.382. The highest BCUT2D eigenvalue weighted by Gasteiger charge is 2.23. The van der Waals surface area contributed by atoms with Crippen LogP contribution in [0.25, 0.3) is 6.08 Å².